The van der Waals surface area contributed by atoms with Crippen LogP contribution in [0, 0.1) is 5.92 Å². The third-order valence-corrected chi connectivity index (χ3v) is 4.03. The highest BCUT2D eigenvalue weighted by Crippen LogP contribution is 2.10. The van der Waals surface area contributed by atoms with Crippen LogP contribution in [-0.4, -0.2) is 34.0 Å². The number of nitrogens with one attached hydrogen (secondary N) is 2. The van der Waals surface area contributed by atoms with Crippen molar-refractivity contribution in [3.63, 3.8) is 0 Å². The summed E-state index contributed by atoms with van der Waals surface area (Å²) in [6.45, 7) is 1.98. The van der Waals surface area contributed by atoms with Crippen LogP contribution >= 0.6 is 0 Å². The van der Waals surface area contributed by atoms with Crippen molar-refractivity contribution in [2.75, 3.05) is 0 Å². The molecule has 0 unspecified atom stereocenters. The third-order valence-electron chi connectivity index (χ3n) is 4.03. The van der Waals surface area contributed by atoms with E-state index in [1.807, 2.05) is 29.9 Å². The first-order valence-corrected chi connectivity index (χ1v) is 9.86. The zero-order chi connectivity index (χ0) is 24.4. The number of amides is 2. The van der Waals surface area contributed by atoms with Crippen LogP contribution in [0.1, 0.15) is 53.3 Å². The number of carbonyl (C=O) groups is 4. The van der Waals surface area contributed by atoms with Crippen molar-refractivity contribution in [1.29, 1.82) is 0 Å². The fourth-order valence-electron chi connectivity index (χ4n) is 2.30. The highest BCUT2D eigenvalue weighted by Gasteiger charge is 2.24. The molecule has 2 aromatic carbocycles. The van der Waals surface area contributed by atoms with Gasteiger partial charge in [0.05, 0.1) is 0 Å². The van der Waals surface area contributed by atoms with Crippen LogP contribution in [0.4, 0.5) is 0 Å². The van der Waals surface area contributed by atoms with Gasteiger partial charge in [0.1, 0.15) is 0 Å². The minimum Gasteiger partial charge on any atom is -0.481 e. The van der Waals surface area contributed by atoms with Gasteiger partial charge in [0.25, 0.3) is 11.8 Å². The van der Waals surface area contributed by atoms with Crippen molar-refractivity contribution in [1.82, 2.24) is 10.9 Å². The van der Waals surface area contributed by atoms with Gasteiger partial charge >= 0.3 is 11.9 Å². The Hall–Kier alpha value is -3.76. The number of hydrazine groups is 2. The van der Waals surface area contributed by atoms with Crippen molar-refractivity contribution in [2.45, 2.75) is 32.6 Å². The molecule has 0 bridgehead atoms. The van der Waals surface area contributed by atoms with Crippen molar-refractivity contribution in [2.24, 2.45) is 17.6 Å². The number of benzene rings is 2. The predicted octanol–water partition coefficient (Wildman–Crippen LogP) is 1.93. The van der Waals surface area contributed by atoms with Crippen LogP contribution in [-0.2, 0) is 9.59 Å². The van der Waals surface area contributed by atoms with Gasteiger partial charge < -0.3 is 10.2 Å². The molecule has 0 atom stereocenters. The summed E-state index contributed by atoms with van der Waals surface area (Å²) in [6, 6.07) is 17.6. The first kappa shape index (κ1) is 28.2. The first-order chi connectivity index (χ1) is 15.3. The van der Waals surface area contributed by atoms with E-state index in [4.69, 9.17) is 21.9 Å². The van der Waals surface area contributed by atoms with E-state index in [0.717, 1.165) is 12.8 Å². The van der Waals surface area contributed by atoms with Gasteiger partial charge in [-0.2, -0.15) is 0 Å². The maximum atomic E-state index is 10.8. The van der Waals surface area contributed by atoms with E-state index in [9.17, 15) is 19.2 Å². The summed E-state index contributed by atoms with van der Waals surface area (Å²) in [7, 11) is 0. The highest BCUT2D eigenvalue weighted by atomic mass is 16.4. The van der Waals surface area contributed by atoms with Crippen LogP contribution in [0.5, 0.6) is 0 Å². The van der Waals surface area contributed by atoms with Gasteiger partial charge in [-0.05, 0) is 30.7 Å². The third kappa shape index (κ3) is 12.1. The Bertz CT molecular complexity index is 765. The molecule has 0 aromatic heterocycles. The number of rotatable bonds is 8. The fourth-order valence-corrected chi connectivity index (χ4v) is 2.30. The summed E-state index contributed by atoms with van der Waals surface area (Å²) in [6.07, 6.45) is 2.75. The molecule has 8 N–H and O–H groups in total. The van der Waals surface area contributed by atoms with E-state index >= 15 is 0 Å². The summed E-state index contributed by atoms with van der Waals surface area (Å²) in [5.41, 5.74) is 5.23. The van der Waals surface area contributed by atoms with E-state index in [-0.39, 0.29) is 18.2 Å². The second-order valence-electron chi connectivity index (χ2n) is 6.40. The molecule has 10 nitrogen and oxygen atoms in total. The van der Waals surface area contributed by atoms with E-state index < -0.39 is 17.9 Å². The summed E-state index contributed by atoms with van der Waals surface area (Å²) in [4.78, 5) is 42.3. The number of unbranched alkanes of at least 4 members (excludes halogenated alkanes) is 2. The van der Waals surface area contributed by atoms with Gasteiger partial charge in [0.2, 0.25) is 0 Å². The molecule has 0 aliphatic heterocycles. The lowest BCUT2D eigenvalue weighted by molar-refractivity contribution is -0.154. The van der Waals surface area contributed by atoms with Crippen molar-refractivity contribution in [3.05, 3.63) is 71.8 Å². The number of nitrogen functional groups attached to an aromatic ring is 2. The maximum absolute atomic E-state index is 10.8. The van der Waals surface area contributed by atoms with Crippen LogP contribution in [0.25, 0.3) is 0 Å². The first-order valence-electron chi connectivity index (χ1n) is 9.86. The molecule has 2 aromatic rings. The Kier molecular flexibility index (Phi) is 15.0. The molecule has 2 amide bonds. The summed E-state index contributed by atoms with van der Waals surface area (Å²) >= 11 is 0. The van der Waals surface area contributed by atoms with Crippen molar-refractivity contribution < 1.29 is 29.4 Å². The largest absolute Gasteiger partial charge is 0.481 e. The molecule has 0 saturated heterocycles. The number of hydrogen-bond donors (Lipinski definition) is 6. The number of hydrogen-bond acceptors (Lipinski definition) is 6. The Balaban J connectivity index is 0.000000452. The Morgan fingerprint density at radius 1 is 0.750 bits per heavy atom. The predicted molar refractivity (Wildman–Crippen MR) is 119 cm³/mol. The number of nitrogens with two attached hydrogens (primary N) is 2. The number of carboxylic acid groups (broad SMARTS) is 2. The van der Waals surface area contributed by atoms with Gasteiger partial charge in [-0.1, -0.05) is 62.6 Å². The molecule has 0 aliphatic carbocycles. The monoisotopic (exact) mass is 446 g/mol. The average Bonchev–Trinajstić information content (AvgIpc) is 2.82. The normalized spacial score (nSPS) is 9.38. The fraction of sp³-hybridized carbons (Fsp3) is 0.273. The molecule has 0 radical (unpaired) electrons. The number of aliphatic carboxylic acids is 2. The van der Waals surface area contributed by atoms with E-state index in [1.165, 1.54) is 0 Å². The van der Waals surface area contributed by atoms with Crippen molar-refractivity contribution >= 4 is 23.8 Å². The van der Waals surface area contributed by atoms with Gasteiger partial charge in [-0.15, -0.1) is 0 Å². The maximum Gasteiger partial charge on any atom is 0.317 e. The van der Waals surface area contributed by atoms with Crippen LogP contribution in [0.15, 0.2) is 60.7 Å². The van der Waals surface area contributed by atoms with Gasteiger partial charge in [-0.25, -0.2) is 11.7 Å². The molecule has 2 rings (SSSR count). The highest BCUT2D eigenvalue weighted by molar-refractivity contribution is 5.94. The molecule has 0 spiro atoms. The second-order valence-corrected chi connectivity index (χ2v) is 6.40. The lowest BCUT2D eigenvalue weighted by Gasteiger charge is -2.05. The quantitative estimate of drug-likeness (QED) is 0.117. The topological polar surface area (TPSA) is 185 Å². The molecule has 0 heterocycles. The molecular weight excluding hydrogens is 416 g/mol. The zero-order valence-electron chi connectivity index (χ0n) is 17.9. The van der Waals surface area contributed by atoms with Crippen LogP contribution in [0.3, 0.4) is 0 Å². The summed E-state index contributed by atoms with van der Waals surface area (Å²) in [5.74, 6) is 5.58. The molecular formula is C22H30N4O6. The lowest BCUT2D eigenvalue weighted by atomic mass is 10.0. The minimum absolute atomic E-state index is 0.235. The van der Waals surface area contributed by atoms with E-state index in [0.29, 0.717) is 17.5 Å². The molecule has 32 heavy (non-hydrogen) atoms. The molecule has 0 aliphatic rings. The molecule has 0 fully saturated rings. The molecule has 10 heteroatoms. The Morgan fingerprint density at radius 3 is 1.41 bits per heavy atom. The standard InChI is InChI=1S/C8H14O4.2C7H8N2O/c1-2-3-4-5-6(7(9)10)8(11)12;2*8-9-7(10)6-4-2-1-3-5-6/h6H,2-5H2,1H3,(H,9,10)(H,11,12);2*1-5H,8H2,(H,9,10). The van der Waals surface area contributed by atoms with Crippen LogP contribution < -0.4 is 22.5 Å². The van der Waals surface area contributed by atoms with Gasteiger partial charge in [0, 0.05) is 11.1 Å². The lowest BCUT2D eigenvalue weighted by Crippen LogP contribution is -2.29. The average molecular weight is 447 g/mol. The van der Waals surface area contributed by atoms with Crippen molar-refractivity contribution in [3.8, 4) is 0 Å². The molecule has 0 saturated carbocycles. The molecule has 174 valence electrons. The zero-order valence-corrected chi connectivity index (χ0v) is 17.9. The van der Waals surface area contributed by atoms with Gasteiger partial charge in [-0.3, -0.25) is 30.0 Å². The van der Waals surface area contributed by atoms with Crippen LogP contribution in [0.2, 0.25) is 0 Å². The summed E-state index contributed by atoms with van der Waals surface area (Å²) < 4.78 is 0. The SMILES string of the molecule is CCCCCC(C(=O)O)C(=O)O.NNC(=O)c1ccccc1.NNC(=O)c1ccccc1. The van der Waals surface area contributed by atoms with E-state index in [1.54, 1.807) is 48.5 Å². The van der Waals surface area contributed by atoms with E-state index in [2.05, 4.69) is 0 Å². The Morgan fingerprint density at radius 2 is 1.12 bits per heavy atom. The number of carbonyl (C=O) groups excluding carboxylic acids is 2. The summed E-state index contributed by atoms with van der Waals surface area (Å²) in [5, 5.41) is 16.9. The van der Waals surface area contributed by atoms with Gasteiger partial charge in [0.15, 0.2) is 5.92 Å². The Labute approximate surface area is 186 Å². The smallest absolute Gasteiger partial charge is 0.317 e. The minimum atomic E-state index is -1.24. The number of carboxylic acids is 2. The second kappa shape index (κ2) is 17.0.